The Hall–Kier alpha value is -3.71. The summed E-state index contributed by atoms with van der Waals surface area (Å²) in [6, 6.07) is 0.0849. The minimum Gasteiger partial charge on any atom is -0.339 e. The average Bonchev–Trinajstić information content (AvgIpc) is 3.75. The van der Waals surface area contributed by atoms with Crippen LogP contribution in [-0.4, -0.2) is 64.0 Å². The molecule has 6 rings (SSSR count). The predicted molar refractivity (Wildman–Crippen MR) is 143 cm³/mol. The molecule has 0 aliphatic heterocycles. The zero-order valence-corrected chi connectivity index (χ0v) is 23.2. The van der Waals surface area contributed by atoms with Gasteiger partial charge in [-0.15, -0.1) is 5.10 Å². The van der Waals surface area contributed by atoms with Gasteiger partial charge in [-0.1, -0.05) is 0 Å². The number of aromatic nitrogens is 8. The molecule has 2 atom stereocenters. The van der Waals surface area contributed by atoms with Crippen molar-refractivity contribution in [1.82, 2.24) is 45.1 Å². The maximum atomic E-state index is 13.8. The van der Waals surface area contributed by atoms with Crippen LogP contribution in [0.25, 0.3) is 0 Å². The van der Waals surface area contributed by atoms with Gasteiger partial charge in [0.15, 0.2) is 5.82 Å². The van der Waals surface area contributed by atoms with E-state index in [4.69, 9.17) is 0 Å². The van der Waals surface area contributed by atoms with Gasteiger partial charge in [-0.05, 0) is 93.0 Å². The van der Waals surface area contributed by atoms with Crippen LogP contribution in [0.4, 0.5) is 14.5 Å². The standard InChI is InChI=1S/C27H36F2N10O2/c1-15(2)38-20(10-11-30-38)26(40)33-24(23(16-6-7-16)17-8-9-17)27(41)32-18-13-31-37(14-18)21(12-22(28)29)25-34-35-36-39(25)19-4-3-5-19/h10-11,13-17,19,21-24H,3-9,12H2,1-2H3,(H,32,41)(H,33,40)/t21?,24-/m0/s1. The lowest BCUT2D eigenvalue weighted by atomic mass is 9.88. The van der Waals surface area contributed by atoms with E-state index in [2.05, 4.69) is 36.4 Å². The highest BCUT2D eigenvalue weighted by Gasteiger charge is 2.48. The van der Waals surface area contributed by atoms with E-state index < -0.39 is 24.9 Å². The van der Waals surface area contributed by atoms with Gasteiger partial charge in [-0.3, -0.25) is 19.0 Å². The summed E-state index contributed by atoms with van der Waals surface area (Å²) in [5, 5.41) is 26.4. The molecule has 3 aliphatic rings. The zero-order chi connectivity index (χ0) is 28.7. The van der Waals surface area contributed by atoms with Gasteiger partial charge in [-0.2, -0.15) is 10.2 Å². The van der Waals surface area contributed by atoms with Gasteiger partial charge in [0, 0.05) is 24.9 Å². The second-order valence-corrected chi connectivity index (χ2v) is 11.9. The Balaban J connectivity index is 1.23. The number of carbonyl (C=O) groups excluding carboxylic acids is 2. The Morgan fingerprint density at radius 2 is 1.80 bits per heavy atom. The van der Waals surface area contributed by atoms with Gasteiger partial charge in [-0.25, -0.2) is 13.5 Å². The quantitative estimate of drug-likeness (QED) is 0.319. The average molecular weight is 571 g/mol. The van der Waals surface area contributed by atoms with E-state index in [9.17, 15) is 18.4 Å². The van der Waals surface area contributed by atoms with Crippen molar-refractivity contribution in [3.05, 3.63) is 36.2 Å². The minimum atomic E-state index is -2.61. The fourth-order valence-corrected chi connectivity index (χ4v) is 5.95. The van der Waals surface area contributed by atoms with Crippen LogP contribution in [0.3, 0.4) is 0 Å². The number of tetrazole rings is 1. The Morgan fingerprint density at radius 3 is 2.41 bits per heavy atom. The summed E-state index contributed by atoms with van der Waals surface area (Å²) in [5.41, 5.74) is 0.753. The first-order valence-corrected chi connectivity index (χ1v) is 14.6. The third-order valence-electron chi connectivity index (χ3n) is 8.51. The van der Waals surface area contributed by atoms with Crippen LogP contribution in [0.15, 0.2) is 24.7 Å². The van der Waals surface area contributed by atoms with Crippen molar-refractivity contribution in [1.29, 1.82) is 0 Å². The molecule has 14 heteroatoms. The molecule has 220 valence electrons. The van der Waals surface area contributed by atoms with Crippen LogP contribution < -0.4 is 10.6 Å². The van der Waals surface area contributed by atoms with E-state index in [0.29, 0.717) is 29.0 Å². The number of halogens is 2. The molecular weight excluding hydrogens is 534 g/mol. The SMILES string of the molecule is CC(C)n1nccc1C(=O)N[C@H](C(=O)Nc1cnn(C(CC(F)F)c2nnnn2C2CCC2)c1)C(C1CC1)C1CC1. The molecule has 3 aromatic rings. The fourth-order valence-electron chi connectivity index (χ4n) is 5.95. The largest absolute Gasteiger partial charge is 0.339 e. The number of nitrogens with zero attached hydrogens (tertiary/aromatic N) is 8. The molecule has 1 unspecified atom stereocenters. The van der Waals surface area contributed by atoms with Gasteiger partial charge < -0.3 is 10.6 Å². The summed E-state index contributed by atoms with van der Waals surface area (Å²) in [6.07, 6.45) is 8.40. The molecule has 2 amide bonds. The molecular formula is C27H36F2N10O2. The number of hydrogen-bond donors (Lipinski definition) is 2. The second-order valence-electron chi connectivity index (χ2n) is 11.9. The Bertz CT molecular complexity index is 1360. The van der Waals surface area contributed by atoms with Gasteiger partial charge in [0.05, 0.1) is 17.9 Å². The van der Waals surface area contributed by atoms with E-state index in [-0.39, 0.29) is 29.8 Å². The van der Waals surface area contributed by atoms with E-state index in [1.165, 1.54) is 17.1 Å². The van der Waals surface area contributed by atoms with Gasteiger partial charge in [0.2, 0.25) is 12.3 Å². The molecule has 3 aliphatic carbocycles. The first-order valence-electron chi connectivity index (χ1n) is 14.6. The summed E-state index contributed by atoms with van der Waals surface area (Å²) in [7, 11) is 0. The van der Waals surface area contributed by atoms with Crippen molar-refractivity contribution < 1.29 is 18.4 Å². The van der Waals surface area contributed by atoms with Crippen LogP contribution in [0.5, 0.6) is 0 Å². The summed E-state index contributed by atoms with van der Waals surface area (Å²) in [5.74, 6) is 0.433. The monoisotopic (exact) mass is 570 g/mol. The smallest absolute Gasteiger partial charge is 0.270 e. The van der Waals surface area contributed by atoms with E-state index in [1.807, 2.05) is 13.8 Å². The first kappa shape index (κ1) is 27.5. The summed E-state index contributed by atoms with van der Waals surface area (Å²) >= 11 is 0. The Morgan fingerprint density at radius 1 is 1.07 bits per heavy atom. The molecule has 3 aromatic heterocycles. The number of hydrogen-bond acceptors (Lipinski definition) is 7. The molecule has 3 fully saturated rings. The third-order valence-corrected chi connectivity index (χ3v) is 8.51. The predicted octanol–water partition coefficient (Wildman–Crippen LogP) is 3.79. The van der Waals surface area contributed by atoms with E-state index in [1.54, 1.807) is 21.6 Å². The van der Waals surface area contributed by atoms with Crippen LogP contribution in [0.2, 0.25) is 0 Å². The molecule has 0 radical (unpaired) electrons. The number of nitrogens with one attached hydrogen (secondary N) is 2. The van der Waals surface area contributed by atoms with Crippen LogP contribution in [-0.2, 0) is 4.79 Å². The first-order chi connectivity index (χ1) is 19.8. The van der Waals surface area contributed by atoms with Gasteiger partial charge in [0.25, 0.3) is 5.91 Å². The number of carbonyl (C=O) groups is 2. The minimum absolute atomic E-state index is 0.0157. The van der Waals surface area contributed by atoms with E-state index >= 15 is 0 Å². The second kappa shape index (κ2) is 11.3. The van der Waals surface area contributed by atoms with Crippen molar-refractivity contribution >= 4 is 17.5 Å². The molecule has 12 nitrogen and oxygen atoms in total. The highest BCUT2D eigenvalue weighted by atomic mass is 19.3. The fraction of sp³-hybridized carbons (Fsp3) is 0.667. The topological polar surface area (TPSA) is 137 Å². The van der Waals surface area contributed by atoms with Crippen LogP contribution in [0.1, 0.15) is 99.7 Å². The molecule has 3 saturated carbocycles. The zero-order valence-electron chi connectivity index (χ0n) is 23.2. The Kier molecular flexibility index (Phi) is 7.56. The number of amides is 2. The Labute approximate surface area is 236 Å². The van der Waals surface area contributed by atoms with Crippen molar-refractivity contribution in [3.8, 4) is 0 Å². The number of rotatable bonds is 13. The normalized spacial score (nSPS) is 19.0. The summed E-state index contributed by atoms with van der Waals surface area (Å²) in [6.45, 7) is 3.88. The van der Waals surface area contributed by atoms with Crippen LogP contribution in [0, 0.1) is 17.8 Å². The lowest BCUT2D eigenvalue weighted by Crippen LogP contribution is -2.50. The summed E-state index contributed by atoms with van der Waals surface area (Å²) < 4.78 is 31.9. The van der Waals surface area contributed by atoms with Gasteiger partial charge in [0.1, 0.15) is 17.8 Å². The van der Waals surface area contributed by atoms with Crippen LogP contribution >= 0.6 is 0 Å². The number of anilines is 1. The lowest BCUT2D eigenvalue weighted by Gasteiger charge is -2.28. The number of alkyl halides is 2. The molecule has 3 heterocycles. The molecule has 0 bridgehead atoms. The molecule has 2 N–H and O–H groups in total. The molecule has 41 heavy (non-hydrogen) atoms. The maximum Gasteiger partial charge on any atom is 0.270 e. The summed E-state index contributed by atoms with van der Waals surface area (Å²) in [4.78, 5) is 27.1. The lowest BCUT2D eigenvalue weighted by molar-refractivity contribution is -0.119. The van der Waals surface area contributed by atoms with E-state index in [0.717, 1.165) is 44.9 Å². The molecule has 0 aromatic carbocycles. The maximum absolute atomic E-state index is 13.8. The van der Waals surface area contributed by atoms with Crippen molar-refractivity contribution in [2.75, 3.05) is 5.32 Å². The third kappa shape index (κ3) is 5.87. The van der Waals surface area contributed by atoms with Crippen molar-refractivity contribution in [2.24, 2.45) is 17.8 Å². The van der Waals surface area contributed by atoms with Crippen molar-refractivity contribution in [2.45, 2.75) is 95.8 Å². The van der Waals surface area contributed by atoms with Crippen molar-refractivity contribution in [3.63, 3.8) is 0 Å². The highest BCUT2D eigenvalue weighted by Crippen LogP contribution is 2.51. The molecule has 0 saturated heterocycles. The molecule has 0 spiro atoms. The van der Waals surface area contributed by atoms with Gasteiger partial charge >= 0.3 is 0 Å². The highest BCUT2D eigenvalue weighted by molar-refractivity contribution is 6.00.